The minimum Gasteiger partial charge on any atom is -0.366 e. The first kappa shape index (κ1) is 11.0. The Morgan fingerprint density at radius 2 is 2.22 bits per heavy atom. The zero-order valence-electron chi connectivity index (χ0n) is 9.75. The van der Waals surface area contributed by atoms with Gasteiger partial charge in [0.05, 0.1) is 15.9 Å². The molecule has 3 rings (SSSR count). The minimum absolute atomic E-state index is 0.430. The smallest absolute Gasteiger partial charge is 0.248 e. The van der Waals surface area contributed by atoms with Gasteiger partial charge in [-0.3, -0.25) is 4.79 Å². The van der Waals surface area contributed by atoms with Crippen molar-refractivity contribution in [3.8, 4) is 10.7 Å². The summed E-state index contributed by atoms with van der Waals surface area (Å²) in [6.45, 7) is 0. The van der Waals surface area contributed by atoms with Crippen molar-refractivity contribution in [1.29, 1.82) is 0 Å². The van der Waals surface area contributed by atoms with E-state index < -0.39 is 5.91 Å². The zero-order valence-corrected chi connectivity index (χ0v) is 10.6. The number of nitrogens with zero attached hydrogens (tertiary/aromatic N) is 2. The Balaban J connectivity index is 2.25. The van der Waals surface area contributed by atoms with E-state index in [0.717, 1.165) is 21.7 Å². The summed E-state index contributed by atoms with van der Waals surface area (Å²) in [6, 6.07) is 9.36. The van der Waals surface area contributed by atoms with Gasteiger partial charge in [-0.05, 0) is 29.6 Å². The number of thiophene rings is 1. The number of aromatic nitrogens is 2. The third-order valence-electron chi connectivity index (χ3n) is 2.91. The van der Waals surface area contributed by atoms with Crippen molar-refractivity contribution in [2.75, 3.05) is 0 Å². The molecule has 1 aromatic carbocycles. The summed E-state index contributed by atoms with van der Waals surface area (Å²) in [7, 11) is 1.97. The van der Waals surface area contributed by atoms with Crippen molar-refractivity contribution >= 4 is 28.3 Å². The molecule has 0 aliphatic heterocycles. The van der Waals surface area contributed by atoms with Crippen LogP contribution < -0.4 is 5.73 Å². The Morgan fingerprint density at radius 3 is 2.89 bits per heavy atom. The van der Waals surface area contributed by atoms with Crippen molar-refractivity contribution in [3.63, 3.8) is 0 Å². The predicted octanol–water partition coefficient (Wildman–Crippen LogP) is 2.40. The lowest BCUT2D eigenvalue weighted by Gasteiger charge is -1.99. The van der Waals surface area contributed by atoms with Crippen molar-refractivity contribution in [2.24, 2.45) is 12.8 Å². The molecule has 5 heteroatoms. The normalized spacial score (nSPS) is 10.9. The fourth-order valence-electron chi connectivity index (χ4n) is 1.98. The molecule has 0 fully saturated rings. The second-order valence-electron chi connectivity index (χ2n) is 4.04. The van der Waals surface area contributed by atoms with Gasteiger partial charge in [0.2, 0.25) is 5.91 Å². The fraction of sp³-hybridized carbons (Fsp3) is 0.0769. The maximum Gasteiger partial charge on any atom is 0.248 e. The Hall–Kier alpha value is -2.14. The lowest BCUT2D eigenvalue weighted by atomic mass is 10.2. The molecule has 0 bridgehead atoms. The molecule has 0 unspecified atom stereocenters. The van der Waals surface area contributed by atoms with Crippen LogP contribution >= 0.6 is 11.3 Å². The van der Waals surface area contributed by atoms with Crippen LogP contribution in [-0.4, -0.2) is 15.5 Å². The summed E-state index contributed by atoms with van der Waals surface area (Å²) in [6.07, 6.45) is 0. The highest BCUT2D eigenvalue weighted by atomic mass is 32.1. The fourth-order valence-corrected chi connectivity index (χ4v) is 2.73. The summed E-state index contributed by atoms with van der Waals surface area (Å²) in [5.41, 5.74) is 7.54. The quantitative estimate of drug-likeness (QED) is 0.766. The van der Waals surface area contributed by atoms with Crippen molar-refractivity contribution in [3.05, 3.63) is 41.3 Å². The molecule has 0 spiro atoms. The van der Waals surface area contributed by atoms with Crippen LogP contribution in [0.5, 0.6) is 0 Å². The summed E-state index contributed by atoms with van der Waals surface area (Å²) < 4.78 is 2.02. The minimum atomic E-state index is -0.430. The molecule has 90 valence electrons. The van der Waals surface area contributed by atoms with Crippen LogP contribution in [0.3, 0.4) is 0 Å². The number of hydrogen-bond donors (Lipinski definition) is 1. The summed E-state index contributed by atoms with van der Waals surface area (Å²) in [5.74, 6) is 0.474. The zero-order chi connectivity index (χ0) is 12.7. The van der Waals surface area contributed by atoms with Gasteiger partial charge < -0.3 is 10.3 Å². The van der Waals surface area contributed by atoms with Crippen LogP contribution in [-0.2, 0) is 7.05 Å². The average molecular weight is 257 g/mol. The molecule has 2 heterocycles. The van der Waals surface area contributed by atoms with E-state index in [1.165, 1.54) is 0 Å². The maximum absolute atomic E-state index is 11.2. The third-order valence-corrected chi connectivity index (χ3v) is 3.77. The maximum atomic E-state index is 11.2. The first-order chi connectivity index (χ1) is 8.66. The van der Waals surface area contributed by atoms with Gasteiger partial charge in [-0.1, -0.05) is 6.07 Å². The average Bonchev–Trinajstić information content (AvgIpc) is 2.97. The standard InChI is InChI=1S/C13H11N3OS/c1-16-10-5-4-8(12(14)17)7-9(10)15-13(16)11-3-2-6-18-11/h2-7H,1H3,(H2,14,17). The van der Waals surface area contributed by atoms with Crippen LogP contribution in [0.4, 0.5) is 0 Å². The van der Waals surface area contributed by atoms with Crippen molar-refractivity contribution in [1.82, 2.24) is 9.55 Å². The molecule has 1 amide bonds. The van der Waals surface area contributed by atoms with Crippen molar-refractivity contribution < 1.29 is 4.79 Å². The summed E-state index contributed by atoms with van der Waals surface area (Å²) in [4.78, 5) is 16.8. The number of amides is 1. The molecule has 0 saturated carbocycles. The van der Waals surface area contributed by atoms with Gasteiger partial charge in [0.25, 0.3) is 0 Å². The molecule has 2 N–H and O–H groups in total. The van der Waals surface area contributed by atoms with Crippen molar-refractivity contribution in [2.45, 2.75) is 0 Å². The Labute approximate surface area is 108 Å². The first-order valence-corrected chi connectivity index (χ1v) is 6.35. The van der Waals surface area contributed by atoms with Crippen LogP contribution in [0, 0.1) is 0 Å². The van der Waals surface area contributed by atoms with E-state index >= 15 is 0 Å². The number of nitrogens with two attached hydrogens (primary N) is 1. The lowest BCUT2D eigenvalue weighted by molar-refractivity contribution is 0.100. The molecule has 3 aromatic rings. The highest BCUT2D eigenvalue weighted by Gasteiger charge is 2.11. The third kappa shape index (κ3) is 1.60. The van der Waals surface area contributed by atoms with E-state index in [1.807, 2.05) is 35.2 Å². The highest BCUT2D eigenvalue weighted by Crippen LogP contribution is 2.27. The number of fused-ring (bicyclic) bond motifs is 1. The summed E-state index contributed by atoms with van der Waals surface area (Å²) in [5, 5.41) is 2.02. The van der Waals surface area contributed by atoms with Gasteiger partial charge in [-0.2, -0.15) is 0 Å². The molecule has 0 aliphatic rings. The van der Waals surface area contributed by atoms with E-state index in [-0.39, 0.29) is 0 Å². The van der Waals surface area contributed by atoms with E-state index in [4.69, 9.17) is 5.73 Å². The van der Waals surface area contributed by atoms with Gasteiger partial charge in [0.15, 0.2) is 5.82 Å². The van der Waals surface area contributed by atoms with Crippen LogP contribution in [0.25, 0.3) is 21.7 Å². The number of carbonyl (C=O) groups is 1. The number of hydrogen-bond acceptors (Lipinski definition) is 3. The Bertz CT molecular complexity index is 728. The topological polar surface area (TPSA) is 60.9 Å². The SMILES string of the molecule is Cn1c(-c2cccs2)nc2cc(C(N)=O)ccc21. The molecule has 4 nitrogen and oxygen atoms in total. The molecule has 0 atom stereocenters. The van der Waals surface area contributed by atoms with Gasteiger partial charge in [-0.25, -0.2) is 4.98 Å². The molecular formula is C13H11N3OS. The molecule has 2 aromatic heterocycles. The number of primary amides is 1. The first-order valence-electron chi connectivity index (χ1n) is 5.47. The Morgan fingerprint density at radius 1 is 1.39 bits per heavy atom. The van der Waals surface area contributed by atoms with E-state index in [2.05, 4.69) is 4.98 Å². The largest absolute Gasteiger partial charge is 0.366 e. The van der Waals surface area contributed by atoms with Crippen LogP contribution in [0.1, 0.15) is 10.4 Å². The van der Waals surface area contributed by atoms with Crippen LogP contribution in [0.15, 0.2) is 35.7 Å². The summed E-state index contributed by atoms with van der Waals surface area (Å²) >= 11 is 1.64. The van der Waals surface area contributed by atoms with E-state index in [0.29, 0.717) is 5.56 Å². The number of imidazole rings is 1. The number of rotatable bonds is 2. The predicted molar refractivity (Wildman–Crippen MR) is 72.5 cm³/mol. The second kappa shape index (κ2) is 3.96. The Kier molecular flexibility index (Phi) is 2.41. The molecular weight excluding hydrogens is 246 g/mol. The monoisotopic (exact) mass is 257 g/mol. The van der Waals surface area contributed by atoms with E-state index in [9.17, 15) is 4.79 Å². The van der Waals surface area contributed by atoms with E-state index in [1.54, 1.807) is 23.5 Å². The highest BCUT2D eigenvalue weighted by molar-refractivity contribution is 7.13. The van der Waals surface area contributed by atoms with Gasteiger partial charge in [0.1, 0.15) is 0 Å². The number of benzene rings is 1. The van der Waals surface area contributed by atoms with Crippen LogP contribution in [0.2, 0.25) is 0 Å². The number of carbonyl (C=O) groups excluding carboxylic acids is 1. The molecule has 0 radical (unpaired) electrons. The molecule has 18 heavy (non-hydrogen) atoms. The second-order valence-corrected chi connectivity index (χ2v) is 4.99. The van der Waals surface area contributed by atoms with Gasteiger partial charge >= 0.3 is 0 Å². The molecule has 0 aliphatic carbocycles. The van der Waals surface area contributed by atoms with Gasteiger partial charge in [-0.15, -0.1) is 11.3 Å². The number of aryl methyl sites for hydroxylation is 1. The lowest BCUT2D eigenvalue weighted by Crippen LogP contribution is -2.10. The van der Waals surface area contributed by atoms with Gasteiger partial charge in [0, 0.05) is 12.6 Å². The molecule has 0 saturated heterocycles.